The van der Waals surface area contributed by atoms with Crippen molar-refractivity contribution in [3.63, 3.8) is 0 Å². The molecule has 2 atom stereocenters. The van der Waals surface area contributed by atoms with E-state index in [0.29, 0.717) is 43.6 Å². The van der Waals surface area contributed by atoms with Crippen molar-refractivity contribution in [2.24, 2.45) is 5.92 Å². The molecule has 43 heavy (non-hydrogen) atoms. The molecule has 0 saturated carbocycles. The number of aromatic nitrogens is 2. The van der Waals surface area contributed by atoms with Gasteiger partial charge in [-0.3, -0.25) is 19.4 Å². The van der Waals surface area contributed by atoms with E-state index in [4.69, 9.17) is 0 Å². The van der Waals surface area contributed by atoms with E-state index in [1.54, 1.807) is 6.33 Å². The van der Waals surface area contributed by atoms with Crippen LogP contribution < -0.4 is 16.0 Å². The summed E-state index contributed by atoms with van der Waals surface area (Å²) in [5.41, 5.74) is 4.19. The van der Waals surface area contributed by atoms with E-state index in [-0.39, 0.29) is 17.9 Å². The molecule has 0 unspecified atom stereocenters. The summed E-state index contributed by atoms with van der Waals surface area (Å²) in [6.07, 6.45) is 3.94. The summed E-state index contributed by atoms with van der Waals surface area (Å²) in [5.74, 6) is 1.69. The van der Waals surface area contributed by atoms with Gasteiger partial charge in [0.2, 0.25) is 11.8 Å². The van der Waals surface area contributed by atoms with Gasteiger partial charge in [-0.15, -0.1) is 0 Å². The topological polar surface area (TPSA) is 106 Å². The number of carbonyl (C=O) groups excluding carboxylic acids is 2. The zero-order valence-electron chi connectivity index (χ0n) is 25.1. The highest BCUT2D eigenvalue weighted by Gasteiger charge is 2.35. The van der Waals surface area contributed by atoms with Crippen LogP contribution in [-0.4, -0.2) is 81.3 Å². The fourth-order valence-corrected chi connectivity index (χ4v) is 6.40. The number of fused-ring (bicyclic) bond motifs is 5. The molecule has 5 heterocycles. The summed E-state index contributed by atoms with van der Waals surface area (Å²) in [4.78, 5) is 42.8. The number of carbonyl (C=O) groups is 2. The average molecular weight is 583 g/mol. The minimum atomic E-state index is -0.505. The summed E-state index contributed by atoms with van der Waals surface area (Å²) in [7, 11) is 0. The third kappa shape index (κ3) is 7.32. The van der Waals surface area contributed by atoms with Gasteiger partial charge in [-0.1, -0.05) is 38.1 Å². The van der Waals surface area contributed by atoms with E-state index < -0.39 is 6.04 Å². The Morgan fingerprint density at radius 3 is 2.14 bits per heavy atom. The number of hydrogen-bond donors (Lipinski definition) is 3. The molecule has 0 spiro atoms. The Labute approximate surface area is 253 Å². The Morgan fingerprint density at radius 2 is 1.49 bits per heavy atom. The molecule has 0 radical (unpaired) electrons. The quantitative estimate of drug-likeness (QED) is 0.415. The van der Waals surface area contributed by atoms with E-state index in [0.717, 1.165) is 56.0 Å². The first kappa shape index (κ1) is 29.1. The number of amides is 2. The Kier molecular flexibility index (Phi) is 8.85. The zero-order chi connectivity index (χ0) is 29.8. The molecule has 3 aromatic rings. The summed E-state index contributed by atoms with van der Waals surface area (Å²) < 4.78 is 0. The SMILES string of the molecule is CC(C)C[C@@H]1NC(=O)[C@@H]2CCCN2Cc2cccc(c2)Nc2cc(ncn2)Nc2cccc(c2)CN2CCN(CC2)C1=O. The van der Waals surface area contributed by atoms with E-state index >= 15 is 0 Å². The second-order valence-corrected chi connectivity index (χ2v) is 12.4. The minimum absolute atomic E-state index is 0.0382. The number of anilines is 4. The summed E-state index contributed by atoms with van der Waals surface area (Å²) >= 11 is 0. The van der Waals surface area contributed by atoms with Crippen LogP contribution >= 0.6 is 0 Å². The molecule has 3 N–H and O–H groups in total. The molecule has 7 rings (SSSR count). The standard InChI is InChI=1S/C33H42N8O2/c1-23(2)16-28-33(43)40-14-12-39(13-15-40)20-24-6-3-8-26(17-24)36-30-19-31(35-22-34-30)37-27-9-4-7-25(18-27)21-41-11-5-10-29(41)32(42)38-28/h3-4,6-9,17-19,22-23,28-29H,5,10-16,20-21H2,1-2H3,(H,38,42)(H2,34,35,36,37)/t28-,29-/m0/s1. The highest BCUT2D eigenvalue weighted by molar-refractivity contribution is 5.90. The van der Waals surface area contributed by atoms with Gasteiger partial charge in [0.15, 0.2) is 0 Å². The number of nitrogens with one attached hydrogen (secondary N) is 3. The predicted molar refractivity (Wildman–Crippen MR) is 168 cm³/mol. The fourth-order valence-electron chi connectivity index (χ4n) is 6.40. The number of piperazine rings is 1. The fraction of sp³-hybridized carbons (Fsp3) is 0.455. The molecule has 10 nitrogen and oxygen atoms in total. The summed E-state index contributed by atoms with van der Waals surface area (Å²) in [6.45, 7) is 9.42. The van der Waals surface area contributed by atoms with Gasteiger partial charge in [-0.05, 0) is 67.1 Å². The van der Waals surface area contributed by atoms with Gasteiger partial charge in [-0.25, -0.2) is 9.97 Å². The van der Waals surface area contributed by atoms with Crippen molar-refractivity contribution in [3.05, 3.63) is 72.1 Å². The van der Waals surface area contributed by atoms with Crippen LogP contribution in [0.3, 0.4) is 0 Å². The normalized spacial score (nSPS) is 23.3. The van der Waals surface area contributed by atoms with E-state index in [2.05, 4.69) is 79.9 Å². The van der Waals surface area contributed by atoms with Crippen molar-refractivity contribution in [1.82, 2.24) is 30.0 Å². The molecule has 10 heteroatoms. The lowest BCUT2D eigenvalue weighted by Crippen LogP contribution is -2.57. The Hall–Kier alpha value is -4.02. The molecular weight excluding hydrogens is 540 g/mol. The van der Waals surface area contributed by atoms with Crippen molar-refractivity contribution in [3.8, 4) is 0 Å². The lowest BCUT2D eigenvalue weighted by molar-refractivity contribution is -0.139. The lowest BCUT2D eigenvalue weighted by Gasteiger charge is -2.37. The zero-order valence-corrected chi connectivity index (χ0v) is 25.1. The van der Waals surface area contributed by atoms with Gasteiger partial charge >= 0.3 is 0 Å². The first-order valence-electron chi connectivity index (χ1n) is 15.5. The lowest BCUT2D eigenvalue weighted by atomic mass is 10.0. The van der Waals surface area contributed by atoms with Crippen molar-refractivity contribution >= 4 is 34.8 Å². The van der Waals surface area contributed by atoms with Crippen LogP contribution in [-0.2, 0) is 22.7 Å². The van der Waals surface area contributed by atoms with E-state index in [1.807, 2.05) is 29.2 Å². The first-order chi connectivity index (χ1) is 20.9. The average Bonchev–Trinajstić information content (AvgIpc) is 3.45. The van der Waals surface area contributed by atoms with Gasteiger partial charge in [0.25, 0.3) is 0 Å². The van der Waals surface area contributed by atoms with E-state index in [9.17, 15) is 9.59 Å². The maximum atomic E-state index is 13.7. The highest BCUT2D eigenvalue weighted by Crippen LogP contribution is 2.25. The van der Waals surface area contributed by atoms with Crippen LogP contribution in [0.5, 0.6) is 0 Å². The number of hydrogen-bond acceptors (Lipinski definition) is 8. The number of benzene rings is 2. The molecule has 1 aromatic heterocycles. The molecular formula is C33H42N8O2. The smallest absolute Gasteiger partial charge is 0.245 e. The van der Waals surface area contributed by atoms with Crippen LogP contribution in [0.4, 0.5) is 23.0 Å². The largest absolute Gasteiger partial charge is 0.343 e. The van der Waals surface area contributed by atoms with Gasteiger partial charge in [0, 0.05) is 56.7 Å². The molecule has 2 aromatic carbocycles. The molecule has 0 aliphatic carbocycles. The molecule has 2 fully saturated rings. The van der Waals surface area contributed by atoms with Crippen LogP contribution in [0, 0.1) is 5.92 Å². The van der Waals surface area contributed by atoms with Crippen molar-refractivity contribution in [2.45, 2.75) is 58.3 Å². The van der Waals surface area contributed by atoms with Crippen LogP contribution in [0.1, 0.15) is 44.2 Å². The second kappa shape index (κ2) is 13.1. The Morgan fingerprint density at radius 1 is 0.837 bits per heavy atom. The molecule has 8 bridgehead atoms. The molecule has 4 aliphatic rings. The van der Waals surface area contributed by atoms with Crippen molar-refractivity contribution < 1.29 is 9.59 Å². The third-order valence-corrected chi connectivity index (χ3v) is 8.53. The highest BCUT2D eigenvalue weighted by atomic mass is 16.2. The Balaban J connectivity index is 1.28. The number of rotatable bonds is 2. The van der Waals surface area contributed by atoms with Crippen molar-refractivity contribution in [2.75, 3.05) is 43.4 Å². The van der Waals surface area contributed by atoms with Gasteiger partial charge in [0.05, 0.1) is 6.04 Å². The first-order valence-corrected chi connectivity index (χ1v) is 15.5. The van der Waals surface area contributed by atoms with Crippen LogP contribution in [0.15, 0.2) is 60.9 Å². The maximum Gasteiger partial charge on any atom is 0.245 e. The monoisotopic (exact) mass is 582 g/mol. The molecule has 2 saturated heterocycles. The summed E-state index contributed by atoms with van der Waals surface area (Å²) in [5, 5.41) is 10.0. The van der Waals surface area contributed by atoms with Crippen LogP contribution in [0.2, 0.25) is 0 Å². The van der Waals surface area contributed by atoms with Crippen LogP contribution in [0.25, 0.3) is 0 Å². The molecule has 226 valence electrons. The summed E-state index contributed by atoms with van der Waals surface area (Å²) in [6, 6.07) is 17.7. The van der Waals surface area contributed by atoms with Gasteiger partial charge < -0.3 is 20.9 Å². The molecule has 2 amide bonds. The van der Waals surface area contributed by atoms with Crippen molar-refractivity contribution in [1.29, 1.82) is 0 Å². The minimum Gasteiger partial charge on any atom is -0.343 e. The van der Waals surface area contributed by atoms with E-state index in [1.165, 1.54) is 5.56 Å². The third-order valence-electron chi connectivity index (χ3n) is 8.53. The number of nitrogens with zero attached hydrogens (tertiary/aromatic N) is 5. The van der Waals surface area contributed by atoms with Gasteiger partial charge in [-0.2, -0.15) is 0 Å². The maximum absolute atomic E-state index is 13.7. The second-order valence-electron chi connectivity index (χ2n) is 12.4. The molecule has 4 aliphatic heterocycles. The van der Waals surface area contributed by atoms with Gasteiger partial charge in [0.1, 0.15) is 24.0 Å². The predicted octanol–water partition coefficient (Wildman–Crippen LogP) is 4.12. The Bertz CT molecular complexity index is 1440.